The summed E-state index contributed by atoms with van der Waals surface area (Å²) < 4.78 is 10.7. The van der Waals surface area contributed by atoms with E-state index in [1.54, 1.807) is 18.2 Å². The van der Waals surface area contributed by atoms with Crippen LogP contribution in [0.4, 0.5) is 5.13 Å². The highest BCUT2D eigenvalue weighted by Crippen LogP contribution is 2.27. The third kappa shape index (κ3) is 2.87. The van der Waals surface area contributed by atoms with Gasteiger partial charge < -0.3 is 9.15 Å². The van der Waals surface area contributed by atoms with Crippen molar-refractivity contribution in [2.45, 2.75) is 6.92 Å². The lowest BCUT2D eigenvalue weighted by molar-refractivity contribution is 0.102. The number of thiazole rings is 1. The molecule has 3 aromatic rings. The smallest absolute Gasteiger partial charge is 0.261 e. The number of rotatable bonds is 4. The van der Waals surface area contributed by atoms with Crippen LogP contribution in [0.25, 0.3) is 11.5 Å². The fraction of sp³-hybridized carbons (Fsp3) is 0.125. The maximum absolute atomic E-state index is 12.3. The molecule has 0 saturated carbocycles. The van der Waals surface area contributed by atoms with Gasteiger partial charge in [0.05, 0.1) is 12.7 Å². The van der Waals surface area contributed by atoms with Gasteiger partial charge in [0.15, 0.2) is 10.9 Å². The number of aromatic nitrogens is 1. The van der Waals surface area contributed by atoms with Crippen LogP contribution < -0.4 is 10.1 Å². The highest BCUT2D eigenvalue weighted by molar-refractivity contribution is 7.14. The molecule has 1 aromatic carbocycles. The first-order valence-electron chi connectivity index (χ1n) is 6.64. The van der Waals surface area contributed by atoms with Gasteiger partial charge in [-0.2, -0.15) is 0 Å². The first-order chi connectivity index (χ1) is 10.7. The van der Waals surface area contributed by atoms with Crippen LogP contribution in [-0.2, 0) is 0 Å². The van der Waals surface area contributed by atoms with Crippen molar-refractivity contribution in [2.24, 2.45) is 0 Å². The van der Waals surface area contributed by atoms with Gasteiger partial charge in [-0.1, -0.05) is 12.1 Å². The van der Waals surface area contributed by atoms with E-state index in [4.69, 9.17) is 9.15 Å². The molecular formula is C16H14N2O3S. The molecule has 0 unspecified atom stereocenters. The van der Waals surface area contributed by atoms with E-state index in [0.717, 1.165) is 5.76 Å². The molecule has 0 bridgehead atoms. The molecule has 0 atom stereocenters. The van der Waals surface area contributed by atoms with E-state index in [2.05, 4.69) is 10.3 Å². The lowest BCUT2D eigenvalue weighted by Gasteiger charge is -2.06. The lowest BCUT2D eigenvalue weighted by atomic mass is 10.2. The Morgan fingerprint density at radius 1 is 1.27 bits per heavy atom. The van der Waals surface area contributed by atoms with E-state index >= 15 is 0 Å². The second-order valence-electron chi connectivity index (χ2n) is 4.60. The van der Waals surface area contributed by atoms with Crippen LogP contribution in [-0.4, -0.2) is 18.0 Å². The monoisotopic (exact) mass is 314 g/mol. The van der Waals surface area contributed by atoms with Crippen molar-refractivity contribution in [1.82, 2.24) is 4.98 Å². The molecule has 0 saturated heterocycles. The average Bonchev–Trinajstić information content (AvgIpc) is 3.16. The fourth-order valence-electron chi connectivity index (χ4n) is 2.01. The van der Waals surface area contributed by atoms with Crippen LogP contribution in [0.5, 0.6) is 5.75 Å². The number of aryl methyl sites for hydroxylation is 1. The number of benzene rings is 1. The van der Waals surface area contributed by atoms with Crippen molar-refractivity contribution >= 4 is 22.4 Å². The minimum absolute atomic E-state index is 0.256. The van der Waals surface area contributed by atoms with Crippen LogP contribution in [0.3, 0.4) is 0 Å². The SMILES string of the molecule is COc1ccccc1C(=O)Nc1nc(-c2ccc(C)o2)cs1. The van der Waals surface area contributed by atoms with Crippen molar-refractivity contribution in [2.75, 3.05) is 12.4 Å². The van der Waals surface area contributed by atoms with E-state index in [0.29, 0.717) is 27.9 Å². The molecule has 0 aliphatic rings. The number of ether oxygens (including phenoxy) is 1. The number of nitrogens with zero attached hydrogens (tertiary/aromatic N) is 1. The van der Waals surface area contributed by atoms with Gasteiger partial charge in [0.1, 0.15) is 17.2 Å². The van der Waals surface area contributed by atoms with Gasteiger partial charge in [-0.3, -0.25) is 10.1 Å². The zero-order chi connectivity index (χ0) is 15.5. The molecule has 2 heterocycles. The van der Waals surface area contributed by atoms with Crippen molar-refractivity contribution in [3.8, 4) is 17.2 Å². The molecule has 0 aliphatic heterocycles. The van der Waals surface area contributed by atoms with E-state index in [-0.39, 0.29) is 5.91 Å². The molecular weight excluding hydrogens is 300 g/mol. The number of para-hydroxylation sites is 1. The lowest BCUT2D eigenvalue weighted by Crippen LogP contribution is -2.12. The number of furan rings is 1. The first kappa shape index (κ1) is 14.3. The Balaban J connectivity index is 1.79. The van der Waals surface area contributed by atoms with E-state index in [1.807, 2.05) is 30.5 Å². The summed E-state index contributed by atoms with van der Waals surface area (Å²) in [5, 5.41) is 5.13. The highest BCUT2D eigenvalue weighted by atomic mass is 32.1. The Hall–Kier alpha value is -2.60. The fourth-order valence-corrected chi connectivity index (χ4v) is 2.71. The Morgan fingerprint density at radius 3 is 2.82 bits per heavy atom. The zero-order valence-corrected chi connectivity index (χ0v) is 12.9. The summed E-state index contributed by atoms with van der Waals surface area (Å²) in [7, 11) is 1.53. The first-order valence-corrected chi connectivity index (χ1v) is 7.52. The van der Waals surface area contributed by atoms with E-state index in [1.165, 1.54) is 18.4 Å². The Bertz CT molecular complexity index is 807. The minimum Gasteiger partial charge on any atom is -0.496 e. The molecule has 2 aromatic heterocycles. The minimum atomic E-state index is -0.256. The maximum atomic E-state index is 12.3. The van der Waals surface area contributed by atoms with Crippen LogP contribution in [0.1, 0.15) is 16.1 Å². The predicted octanol–water partition coefficient (Wildman–Crippen LogP) is 3.97. The van der Waals surface area contributed by atoms with Gasteiger partial charge in [0, 0.05) is 5.38 Å². The molecule has 6 heteroatoms. The standard InChI is InChI=1S/C16H14N2O3S/c1-10-7-8-14(21-10)12-9-22-16(17-12)18-15(19)11-5-3-4-6-13(11)20-2/h3-9H,1-2H3,(H,17,18,19). The Morgan fingerprint density at radius 2 is 2.09 bits per heavy atom. The third-order valence-electron chi connectivity index (χ3n) is 3.07. The van der Waals surface area contributed by atoms with Gasteiger partial charge in [-0.25, -0.2) is 4.98 Å². The number of hydrogen-bond acceptors (Lipinski definition) is 5. The second kappa shape index (κ2) is 6.03. The summed E-state index contributed by atoms with van der Waals surface area (Å²) in [6, 6.07) is 10.8. The molecule has 1 amide bonds. The van der Waals surface area contributed by atoms with Gasteiger partial charge in [-0.15, -0.1) is 11.3 Å². The number of nitrogens with one attached hydrogen (secondary N) is 1. The quantitative estimate of drug-likeness (QED) is 0.791. The summed E-state index contributed by atoms with van der Waals surface area (Å²) in [4.78, 5) is 16.7. The summed E-state index contributed by atoms with van der Waals surface area (Å²) in [5.74, 6) is 1.78. The average molecular weight is 314 g/mol. The molecule has 5 nitrogen and oxygen atoms in total. The van der Waals surface area contributed by atoms with Crippen LogP contribution in [0, 0.1) is 6.92 Å². The number of anilines is 1. The van der Waals surface area contributed by atoms with Crippen molar-refractivity contribution in [3.05, 3.63) is 53.1 Å². The summed E-state index contributed by atoms with van der Waals surface area (Å²) in [6.45, 7) is 1.88. The molecule has 112 valence electrons. The van der Waals surface area contributed by atoms with Crippen LogP contribution in [0.15, 0.2) is 46.2 Å². The van der Waals surface area contributed by atoms with E-state index in [9.17, 15) is 4.79 Å². The predicted molar refractivity (Wildman–Crippen MR) is 85.5 cm³/mol. The topological polar surface area (TPSA) is 64.4 Å². The molecule has 1 N–H and O–H groups in total. The number of methoxy groups -OCH3 is 1. The highest BCUT2D eigenvalue weighted by Gasteiger charge is 2.14. The normalized spacial score (nSPS) is 10.5. The largest absolute Gasteiger partial charge is 0.496 e. The Kier molecular flexibility index (Phi) is 3.93. The van der Waals surface area contributed by atoms with Crippen molar-refractivity contribution < 1.29 is 13.9 Å². The van der Waals surface area contributed by atoms with Gasteiger partial charge in [0.2, 0.25) is 0 Å². The second-order valence-corrected chi connectivity index (χ2v) is 5.46. The third-order valence-corrected chi connectivity index (χ3v) is 3.83. The summed E-state index contributed by atoms with van der Waals surface area (Å²) in [5.41, 5.74) is 1.17. The Labute approximate surface area is 131 Å². The molecule has 0 radical (unpaired) electrons. The molecule has 3 rings (SSSR count). The number of amides is 1. The van der Waals surface area contributed by atoms with Gasteiger partial charge >= 0.3 is 0 Å². The molecule has 0 aliphatic carbocycles. The maximum Gasteiger partial charge on any atom is 0.261 e. The van der Waals surface area contributed by atoms with Crippen molar-refractivity contribution in [1.29, 1.82) is 0 Å². The molecule has 22 heavy (non-hydrogen) atoms. The van der Waals surface area contributed by atoms with Crippen molar-refractivity contribution in [3.63, 3.8) is 0 Å². The number of carbonyl (C=O) groups is 1. The molecule has 0 fully saturated rings. The number of carbonyl (C=O) groups excluding carboxylic acids is 1. The summed E-state index contributed by atoms with van der Waals surface area (Å²) in [6.07, 6.45) is 0. The van der Waals surface area contributed by atoms with Crippen LogP contribution in [0.2, 0.25) is 0 Å². The van der Waals surface area contributed by atoms with E-state index < -0.39 is 0 Å². The van der Waals surface area contributed by atoms with Gasteiger partial charge in [-0.05, 0) is 31.2 Å². The molecule has 0 spiro atoms. The number of hydrogen-bond donors (Lipinski definition) is 1. The summed E-state index contributed by atoms with van der Waals surface area (Å²) >= 11 is 1.35. The van der Waals surface area contributed by atoms with Gasteiger partial charge in [0.25, 0.3) is 5.91 Å². The van der Waals surface area contributed by atoms with Crippen LogP contribution >= 0.6 is 11.3 Å². The zero-order valence-electron chi connectivity index (χ0n) is 12.1.